The summed E-state index contributed by atoms with van der Waals surface area (Å²) in [5, 5.41) is 0. The summed E-state index contributed by atoms with van der Waals surface area (Å²) in [6, 6.07) is 0. The molecular weight excluding hydrogens is 246 g/mol. The van der Waals surface area contributed by atoms with Crippen molar-refractivity contribution in [3.8, 4) is 0 Å². The van der Waals surface area contributed by atoms with Crippen molar-refractivity contribution < 1.29 is 28.6 Å². The van der Waals surface area contributed by atoms with Crippen LogP contribution in [0.2, 0.25) is 0 Å². The normalized spacial score (nSPS) is 10.0. The highest BCUT2D eigenvalue weighted by Gasteiger charge is 2.18. The lowest BCUT2D eigenvalue weighted by molar-refractivity contribution is -0.164. The SMILES string of the molecule is NCC(=O)OCC(COC(=O)CN)OC(=O)CN. The fourth-order valence-corrected chi connectivity index (χ4v) is 0.840. The van der Waals surface area contributed by atoms with Crippen LogP contribution in [0.15, 0.2) is 0 Å². The molecule has 0 atom stereocenters. The Bertz CT molecular complexity index is 276. The molecule has 9 nitrogen and oxygen atoms in total. The molecule has 0 aromatic rings. The van der Waals surface area contributed by atoms with Gasteiger partial charge >= 0.3 is 17.9 Å². The molecule has 0 spiro atoms. The minimum atomic E-state index is -0.938. The Morgan fingerprint density at radius 3 is 1.50 bits per heavy atom. The molecule has 0 aliphatic heterocycles. The van der Waals surface area contributed by atoms with Gasteiger partial charge in [-0.1, -0.05) is 0 Å². The highest BCUT2D eigenvalue weighted by molar-refractivity contribution is 5.73. The first-order valence-electron chi connectivity index (χ1n) is 5.14. The average molecular weight is 263 g/mol. The Kier molecular flexibility index (Phi) is 8.45. The van der Waals surface area contributed by atoms with Crippen molar-refractivity contribution in [3.05, 3.63) is 0 Å². The summed E-state index contributed by atoms with van der Waals surface area (Å²) in [6.07, 6.45) is -0.938. The largest absolute Gasteiger partial charge is 0.461 e. The van der Waals surface area contributed by atoms with Crippen LogP contribution in [-0.2, 0) is 28.6 Å². The first-order chi connectivity index (χ1) is 8.53. The van der Waals surface area contributed by atoms with Gasteiger partial charge in [0.2, 0.25) is 0 Å². The lowest BCUT2D eigenvalue weighted by Crippen LogP contribution is -2.34. The quantitative estimate of drug-likeness (QED) is 0.304. The maximum absolute atomic E-state index is 11.0. The molecule has 104 valence electrons. The van der Waals surface area contributed by atoms with Crippen LogP contribution in [0.5, 0.6) is 0 Å². The third-order valence-corrected chi connectivity index (χ3v) is 1.66. The number of carbonyl (C=O) groups is 3. The lowest BCUT2D eigenvalue weighted by atomic mass is 10.4. The number of rotatable bonds is 8. The van der Waals surface area contributed by atoms with E-state index in [0.717, 1.165) is 0 Å². The monoisotopic (exact) mass is 263 g/mol. The van der Waals surface area contributed by atoms with E-state index >= 15 is 0 Å². The van der Waals surface area contributed by atoms with Crippen molar-refractivity contribution in [2.24, 2.45) is 17.2 Å². The highest BCUT2D eigenvalue weighted by atomic mass is 16.6. The molecule has 0 aromatic carbocycles. The second kappa shape index (κ2) is 9.33. The van der Waals surface area contributed by atoms with E-state index in [1.54, 1.807) is 0 Å². The molecule has 0 saturated carbocycles. The highest BCUT2D eigenvalue weighted by Crippen LogP contribution is 1.97. The van der Waals surface area contributed by atoms with E-state index in [4.69, 9.17) is 21.9 Å². The van der Waals surface area contributed by atoms with Gasteiger partial charge < -0.3 is 31.4 Å². The number of hydrogen-bond acceptors (Lipinski definition) is 9. The molecule has 9 heteroatoms. The minimum Gasteiger partial charge on any atom is -0.461 e. The molecule has 0 rings (SSSR count). The number of ether oxygens (including phenoxy) is 3. The van der Waals surface area contributed by atoms with E-state index in [1.807, 2.05) is 0 Å². The van der Waals surface area contributed by atoms with Crippen LogP contribution >= 0.6 is 0 Å². The van der Waals surface area contributed by atoms with E-state index in [9.17, 15) is 14.4 Å². The smallest absolute Gasteiger partial charge is 0.320 e. The summed E-state index contributed by atoms with van der Waals surface area (Å²) in [5.74, 6) is -2.06. The second-order valence-electron chi connectivity index (χ2n) is 3.09. The summed E-state index contributed by atoms with van der Waals surface area (Å²) >= 11 is 0. The van der Waals surface area contributed by atoms with E-state index < -0.39 is 24.0 Å². The summed E-state index contributed by atoms with van der Waals surface area (Å²) in [6.45, 7) is -1.51. The Labute approximate surface area is 104 Å². The van der Waals surface area contributed by atoms with Gasteiger partial charge in [0.25, 0.3) is 0 Å². The van der Waals surface area contributed by atoms with E-state index in [0.29, 0.717) is 0 Å². The molecule has 18 heavy (non-hydrogen) atoms. The van der Waals surface area contributed by atoms with Gasteiger partial charge in [0.15, 0.2) is 6.10 Å². The maximum Gasteiger partial charge on any atom is 0.320 e. The summed E-state index contributed by atoms with van der Waals surface area (Å²) in [7, 11) is 0. The molecule has 0 unspecified atom stereocenters. The fourth-order valence-electron chi connectivity index (χ4n) is 0.840. The second-order valence-corrected chi connectivity index (χ2v) is 3.09. The van der Waals surface area contributed by atoms with E-state index in [1.165, 1.54) is 0 Å². The fraction of sp³-hybridized carbons (Fsp3) is 0.667. The zero-order chi connectivity index (χ0) is 14.0. The molecule has 0 saturated heterocycles. The molecule has 6 N–H and O–H groups in total. The molecule has 0 aliphatic rings. The predicted octanol–water partition coefficient (Wildman–Crippen LogP) is -3.14. The number of nitrogens with two attached hydrogens (primary N) is 3. The maximum atomic E-state index is 11.0. The van der Waals surface area contributed by atoms with Crippen LogP contribution in [0.4, 0.5) is 0 Å². The number of esters is 3. The van der Waals surface area contributed by atoms with Gasteiger partial charge in [0.1, 0.15) is 13.2 Å². The molecule has 0 heterocycles. The Balaban J connectivity index is 4.19. The average Bonchev–Trinajstić information content (AvgIpc) is 2.40. The summed E-state index contributed by atoms with van der Waals surface area (Å²) in [5.41, 5.74) is 15.1. The van der Waals surface area contributed by atoms with Crippen molar-refractivity contribution in [1.29, 1.82) is 0 Å². The lowest BCUT2D eigenvalue weighted by Gasteiger charge is -2.17. The third kappa shape index (κ3) is 7.54. The number of carbonyl (C=O) groups excluding carboxylic acids is 3. The van der Waals surface area contributed by atoms with Crippen LogP contribution in [0.25, 0.3) is 0 Å². The zero-order valence-electron chi connectivity index (χ0n) is 9.79. The first kappa shape index (κ1) is 16.3. The molecule has 0 aliphatic carbocycles. The third-order valence-electron chi connectivity index (χ3n) is 1.66. The molecule has 0 bridgehead atoms. The van der Waals surface area contributed by atoms with Gasteiger partial charge in [-0.3, -0.25) is 14.4 Å². The molecule has 0 fully saturated rings. The van der Waals surface area contributed by atoms with Gasteiger partial charge in [-0.15, -0.1) is 0 Å². The number of hydrogen-bond donors (Lipinski definition) is 3. The van der Waals surface area contributed by atoms with E-state index in [2.05, 4.69) is 9.47 Å². The van der Waals surface area contributed by atoms with Crippen LogP contribution in [0, 0.1) is 0 Å². The molecule has 0 radical (unpaired) electrons. The van der Waals surface area contributed by atoms with Gasteiger partial charge in [0.05, 0.1) is 19.6 Å². The van der Waals surface area contributed by atoms with Crippen molar-refractivity contribution in [2.45, 2.75) is 6.10 Å². The van der Waals surface area contributed by atoms with Crippen LogP contribution in [-0.4, -0.2) is 56.9 Å². The van der Waals surface area contributed by atoms with Gasteiger partial charge in [-0.25, -0.2) is 0 Å². The molecule has 0 amide bonds. The Morgan fingerprint density at radius 2 is 1.17 bits per heavy atom. The first-order valence-corrected chi connectivity index (χ1v) is 5.14. The Morgan fingerprint density at radius 1 is 0.778 bits per heavy atom. The van der Waals surface area contributed by atoms with Crippen molar-refractivity contribution in [3.63, 3.8) is 0 Å². The topological polar surface area (TPSA) is 157 Å². The van der Waals surface area contributed by atoms with Crippen molar-refractivity contribution >= 4 is 17.9 Å². The molecular formula is C9H17N3O6. The van der Waals surface area contributed by atoms with Crippen molar-refractivity contribution in [1.82, 2.24) is 0 Å². The summed E-state index contributed by atoms with van der Waals surface area (Å²) < 4.78 is 14.1. The van der Waals surface area contributed by atoms with E-state index in [-0.39, 0.29) is 32.8 Å². The van der Waals surface area contributed by atoms with Gasteiger partial charge in [-0.2, -0.15) is 0 Å². The molecule has 0 aromatic heterocycles. The standard InChI is InChI=1S/C9H17N3O6/c10-1-7(13)16-4-6(18-9(15)3-12)5-17-8(14)2-11/h6H,1-5,10-12H2. The van der Waals surface area contributed by atoms with Crippen LogP contribution in [0.1, 0.15) is 0 Å². The zero-order valence-corrected chi connectivity index (χ0v) is 9.79. The summed E-state index contributed by atoms with van der Waals surface area (Å²) in [4.78, 5) is 32.6. The minimum absolute atomic E-state index is 0.278. The van der Waals surface area contributed by atoms with Gasteiger partial charge in [-0.05, 0) is 0 Å². The predicted molar refractivity (Wildman–Crippen MR) is 59.0 cm³/mol. The Hall–Kier alpha value is -1.71. The van der Waals surface area contributed by atoms with Crippen molar-refractivity contribution in [2.75, 3.05) is 32.8 Å². The van der Waals surface area contributed by atoms with Crippen LogP contribution < -0.4 is 17.2 Å². The van der Waals surface area contributed by atoms with Crippen LogP contribution in [0.3, 0.4) is 0 Å². The van der Waals surface area contributed by atoms with Gasteiger partial charge in [0, 0.05) is 0 Å².